The number of rotatable bonds is 7. The highest BCUT2D eigenvalue weighted by Crippen LogP contribution is 2.19. The van der Waals surface area contributed by atoms with Gasteiger partial charge in [-0.15, -0.1) is 0 Å². The maximum Gasteiger partial charge on any atom is 0.226 e. The molecule has 5 nitrogen and oxygen atoms in total. The van der Waals surface area contributed by atoms with E-state index in [2.05, 4.69) is 41.2 Å². The molecule has 0 bridgehead atoms. The number of aryl methyl sites for hydroxylation is 1. The van der Waals surface area contributed by atoms with E-state index in [4.69, 9.17) is 4.42 Å². The number of hydrogen-bond donors (Lipinski definition) is 2. The highest BCUT2D eigenvalue weighted by Gasteiger charge is 2.18. The topological polar surface area (TPSA) is 61.5 Å². The van der Waals surface area contributed by atoms with E-state index in [1.165, 1.54) is 18.4 Å². The molecule has 1 aromatic heterocycles. The fourth-order valence-electron chi connectivity index (χ4n) is 3.19. The standard InChI is InChI=1S/C20H29N3O2/c1-15-3-5-17(6-4-15)20-22-18(14-25-20)11-21-12-19(24)13-23-9-7-16(2)8-10-23/h3-6,14,16,19,21,24H,7-13H2,1-2H3. The Balaban J connectivity index is 1.41. The molecule has 2 aromatic rings. The molecule has 0 aliphatic carbocycles. The molecule has 3 rings (SSSR count). The normalized spacial score (nSPS) is 17.7. The van der Waals surface area contributed by atoms with E-state index in [1.54, 1.807) is 6.26 Å². The van der Waals surface area contributed by atoms with Gasteiger partial charge < -0.3 is 19.7 Å². The molecule has 1 aromatic carbocycles. The number of aromatic nitrogens is 1. The number of nitrogens with one attached hydrogen (secondary N) is 1. The third-order valence-corrected chi connectivity index (χ3v) is 4.88. The van der Waals surface area contributed by atoms with Crippen LogP contribution >= 0.6 is 0 Å². The van der Waals surface area contributed by atoms with Crippen molar-refractivity contribution in [3.63, 3.8) is 0 Å². The molecule has 0 spiro atoms. The third-order valence-electron chi connectivity index (χ3n) is 4.88. The SMILES string of the molecule is Cc1ccc(-c2nc(CNCC(O)CN3CCC(C)CC3)co2)cc1. The number of hydrogen-bond acceptors (Lipinski definition) is 5. The third kappa shape index (κ3) is 5.39. The van der Waals surface area contributed by atoms with E-state index in [1.807, 2.05) is 12.1 Å². The van der Waals surface area contributed by atoms with Gasteiger partial charge in [0.15, 0.2) is 0 Å². The number of likely N-dealkylation sites (tertiary alicyclic amines) is 1. The quantitative estimate of drug-likeness (QED) is 0.809. The molecule has 1 atom stereocenters. The molecule has 0 saturated carbocycles. The van der Waals surface area contributed by atoms with Gasteiger partial charge in [-0.05, 0) is 50.9 Å². The Morgan fingerprint density at radius 1 is 1.28 bits per heavy atom. The average Bonchev–Trinajstić information content (AvgIpc) is 3.06. The minimum Gasteiger partial charge on any atom is -0.444 e. The number of β-amino-alcohol motifs (C(OH)–C–C–N with tert-alkyl or cyclic N) is 1. The van der Waals surface area contributed by atoms with Gasteiger partial charge in [-0.25, -0.2) is 4.98 Å². The number of piperidine rings is 1. The minimum atomic E-state index is -0.350. The van der Waals surface area contributed by atoms with Gasteiger partial charge >= 0.3 is 0 Å². The predicted octanol–water partition coefficient (Wildman–Crippen LogP) is 2.83. The molecule has 1 aliphatic rings. The lowest BCUT2D eigenvalue weighted by atomic mass is 9.99. The van der Waals surface area contributed by atoms with Crippen LogP contribution in [0.15, 0.2) is 34.9 Å². The van der Waals surface area contributed by atoms with E-state index in [0.29, 0.717) is 19.0 Å². The number of benzene rings is 1. The second-order valence-corrected chi connectivity index (χ2v) is 7.28. The summed E-state index contributed by atoms with van der Waals surface area (Å²) < 4.78 is 5.56. The van der Waals surface area contributed by atoms with Crippen LogP contribution in [0.3, 0.4) is 0 Å². The summed E-state index contributed by atoms with van der Waals surface area (Å²) in [5.41, 5.74) is 3.06. The van der Waals surface area contributed by atoms with Crippen LogP contribution in [-0.2, 0) is 6.54 Å². The molecule has 0 radical (unpaired) electrons. The van der Waals surface area contributed by atoms with Gasteiger partial charge in [-0.2, -0.15) is 0 Å². The van der Waals surface area contributed by atoms with Crippen molar-refractivity contribution >= 4 is 0 Å². The Kier molecular flexibility index (Phi) is 6.24. The minimum absolute atomic E-state index is 0.350. The molecule has 5 heteroatoms. The van der Waals surface area contributed by atoms with Crippen LogP contribution in [0, 0.1) is 12.8 Å². The van der Waals surface area contributed by atoms with Crippen LogP contribution in [-0.4, -0.2) is 47.3 Å². The zero-order valence-electron chi connectivity index (χ0n) is 15.2. The lowest BCUT2D eigenvalue weighted by Crippen LogP contribution is -2.41. The fraction of sp³-hybridized carbons (Fsp3) is 0.550. The van der Waals surface area contributed by atoms with Crippen molar-refractivity contribution in [2.24, 2.45) is 5.92 Å². The predicted molar refractivity (Wildman–Crippen MR) is 99.2 cm³/mol. The second kappa shape index (κ2) is 8.61. The first-order valence-electron chi connectivity index (χ1n) is 9.22. The Bertz CT molecular complexity index is 645. The van der Waals surface area contributed by atoms with E-state index in [0.717, 1.165) is 36.8 Å². The van der Waals surface area contributed by atoms with E-state index >= 15 is 0 Å². The van der Waals surface area contributed by atoms with Crippen LogP contribution in [0.2, 0.25) is 0 Å². The van der Waals surface area contributed by atoms with E-state index in [-0.39, 0.29) is 6.10 Å². The van der Waals surface area contributed by atoms with Gasteiger partial charge in [0.25, 0.3) is 0 Å². The van der Waals surface area contributed by atoms with Crippen molar-refractivity contribution in [1.29, 1.82) is 0 Å². The number of nitrogens with zero attached hydrogens (tertiary/aromatic N) is 2. The summed E-state index contributed by atoms with van der Waals surface area (Å²) in [6.07, 6.45) is 3.80. The Morgan fingerprint density at radius 3 is 2.72 bits per heavy atom. The summed E-state index contributed by atoms with van der Waals surface area (Å²) >= 11 is 0. The molecule has 1 saturated heterocycles. The summed E-state index contributed by atoms with van der Waals surface area (Å²) in [5, 5.41) is 13.5. The van der Waals surface area contributed by atoms with Crippen molar-refractivity contribution in [1.82, 2.24) is 15.2 Å². The van der Waals surface area contributed by atoms with Crippen molar-refractivity contribution in [2.45, 2.75) is 39.3 Å². The van der Waals surface area contributed by atoms with Gasteiger partial charge in [0.1, 0.15) is 6.26 Å². The number of aliphatic hydroxyl groups is 1. The molecule has 1 fully saturated rings. The lowest BCUT2D eigenvalue weighted by molar-refractivity contribution is 0.0906. The highest BCUT2D eigenvalue weighted by atomic mass is 16.3. The van der Waals surface area contributed by atoms with Crippen molar-refractivity contribution < 1.29 is 9.52 Å². The number of oxazole rings is 1. The lowest BCUT2D eigenvalue weighted by Gasteiger charge is -2.31. The van der Waals surface area contributed by atoms with Gasteiger partial charge in [-0.1, -0.05) is 24.6 Å². The summed E-state index contributed by atoms with van der Waals surface area (Å²) in [4.78, 5) is 6.87. The molecule has 25 heavy (non-hydrogen) atoms. The first-order valence-corrected chi connectivity index (χ1v) is 9.22. The Labute approximate surface area is 150 Å². The van der Waals surface area contributed by atoms with Crippen LogP contribution < -0.4 is 5.32 Å². The largest absolute Gasteiger partial charge is 0.444 e. The smallest absolute Gasteiger partial charge is 0.226 e. The summed E-state index contributed by atoms with van der Waals surface area (Å²) in [6.45, 7) is 8.47. The molecular formula is C20H29N3O2. The van der Waals surface area contributed by atoms with Crippen LogP contribution in [0.25, 0.3) is 11.5 Å². The van der Waals surface area contributed by atoms with Crippen LogP contribution in [0.4, 0.5) is 0 Å². The van der Waals surface area contributed by atoms with Gasteiger partial charge in [0.05, 0.1) is 11.8 Å². The summed E-state index contributed by atoms with van der Waals surface area (Å²) in [7, 11) is 0. The monoisotopic (exact) mass is 343 g/mol. The fourth-order valence-corrected chi connectivity index (χ4v) is 3.19. The number of aliphatic hydroxyl groups excluding tert-OH is 1. The van der Waals surface area contributed by atoms with Crippen molar-refractivity contribution in [3.05, 3.63) is 41.8 Å². The highest BCUT2D eigenvalue weighted by molar-refractivity contribution is 5.53. The maximum atomic E-state index is 10.2. The Morgan fingerprint density at radius 2 is 2.00 bits per heavy atom. The molecular weight excluding hydrogens is 314 g/mol. The second-order valence-electron chi connectivity index (χ2n) is 7.28. The molecule has 2 N–H and O–H groups in total. The van der Waals surface area contributed by atoms with Crippen LogP contribution in [0.5, 0.6) is 0 Å². The molecule has 0 amide bonds. The van der Waals surface area contributed by atoms with Crippen molar-refractivity contribution in [3.8, 4) is 11.5 Å². The van der Waals surface area contributed by atoms with Gasteiger partial charge in [-0.3, -0.25) is 0 Å². The molecule has 2 heterocycles. The zero-order valence-corrected chi connectivity index (χ0v) is 15.2. The summed E-state index contributed by atoms with van der Waals surface area (Å²) in [5.74, 6) is 1.46. The van der Waals surface area contributed by atoms with E-state index in [9.17, 15) is 5.11 Å². The van der Waals surface area contributed by atoms with Gasteiger partial charge in [0.2, 0.25) is 5.89 Å². The van der Waals surface area contributed by atoms with Crippen LogP contribution in [0.1, 0.15) is 31.0 Å². The zero-order chi connectivity index (χ0) is 17.6. The first kappa shape index (κ1) is 18.1. The average molecular weight is 343 g/mol. The molecule has 1 unspecified atom stereocenters. The molecule has 1 aliphatic heterocycles. The maximum absolute atomic E-state index is 10.2. The van der Waals surface area contributed by atoms with Gasteiger partial charge in [0, 0.05) is 25.2 Å². The Hall–Kier alpha value is -1.69. The van der Waals surface area contributed by atoms with Crippen molar-refractivity contribution in [2.75, 3.05) is 26.2 Å². The van der Waals surface area contributed by atoms with E-state index < -0.39 is 0 Å². The summed E-state index contributed by atoms with van der Waals surface area (Å²) in [6, 6.07) is 8.13. The molecule has 136 valence electrons. The first-order chi connectivity index (χ1) is 12.1.